The van der Waals surface area contributed by atoms with E-state index in [9.17, 15) is 9.59 Å². The molecule has 0 unspecified atom stereocenters. The van der Waals surface area contributed by atoms with Gasteiger partial charge in [0, 0.05) is 24.4 Å². The molecule has 1 fully saturated rings. The standard InChI is InChI=1S/C23H27N3O5/c1-29-20-13-16(8-10-19(20)30-15-21(24)27)9-11-22(28)26-14-17-5-4-12-25-23(17)31-18-6-2-3-7-18/h4-5,8-13,18H,2-3,6-7,14-15H2,1H3,(H2,24,27)(H,26,28)/b11-9+. The smallest absolute Gasteiger partial charge is 0.255 e. The predicted octanol–water partition coefficient (Wildman–Crippen LogP) is 2.61. The fraction of sp³-hybridized carbons (Fsp3) is 0.348. The summed E-state index contributed by atoms with van der Waals surface area (Å²) in [4.78, 5) is 27.5. The SMILES string of the molecule is COc1cc(/C=C/C(=O)NCc2cccnc2OC2CCCC2)ccc1OCC(N)=O. The largest absolute Gasteiger partial charge is 0.493 e. The normalized spacial score (nSPS) is 13.8. The number of methoxy groups -OCH3 is 1. The molecule has 0 spiro atoms. The summed E-state index contributed by atoms with van der Waals surface area (Å²) in [7, 11) is 1.49. The number of rotatable bonds is 10. The number of amides is 2. The van der Waals surface area contributed by atoms with Crippen molar-refractivity contribution in [3.05, 3.63) is 53.7 Å². The molecule has 0 bridgehead atoms. The van der Waals surface area contributed by atoms with E-state index in [0.29, 0.717) is 23.9 Å². The van der Waals surface area contributed by atoms with Gasteiger partial charge in [-0.2, -0.15) is 0 Å². The number of hydrogen-bond acceptors (Lipinski definition) is 6. The van der Waals surface area contributed by atoms with E-state index >= 15 is 0 Å². The predicted molar refractivity (Wildman–Crippen MR) is 116 cm³/mol. The van der Waals surface area contributed by atoms with E-state index in [4.69, 9.17) is 19.9 Å². The second kappa shape index (κ2) is 11.0. The summed E-state index contributed by atoms with van der Waals surface area (Å²) in [5.74, 6) is 0.592. The van der Waals surface area contributed by atoms with E-state index in [1.165, 1.54) is 26.0 Å². The van der Waals surface area contributed by atoms with Gasteiger partial charge in [0.05, 0.1) is 7.11 Å². The van der Waals surface area contributed by atoms with E-state index < -0.39 is 5.91 Å². The molecule has 1 aromatic carbocycles. The number of ether oxygens (including phenoxy) is 3. The zero-order chi connectivity index (χ0) is 22.1. The van der Waals surface area contributed by atoms with Gasteiger partial charge in [-0.3, -0.25) is 9.59 Å². The minimum atomic E-state index is -0.576. The quantitative estimate of drug-likeness (QED) is 0.566. The zero-order valence-electron chi connectivity index (χ0n) is 17.5. The van der Waals surface area contributed by atoms with Crippen LogP contribution in [-0.4, -0.2) is 36.6 Å². The molecular weight excluding hydrogens is 398 g/mol. The molecule has 0 aliphatic heterocycles. The van der Waals surface area contributed by atoms with Gasteiger partial charge in [0.15, 0.2) is 18.1 Å². The maximum absolute atomic E-state index is 12.3. The third-order valence-corrected chi connectivity index (χ3v) is 4.87. The van der Waals surface area contributed by atoms with Gasteiger partial charge in [0.1, 0.15) is 6.10 Å². The van der Waals surface area contributed by atoms with Crippen molar-refractivity contribution in [1.82, 2.24) is 10.3 Å². The van der Waals surface area contributed by atoms with Gasteiger partial charge in [-0.15, -0.1) is 0 Å². The molecule has 0 radical (unpaired) electrons. The van der Waals surface area contributed by atoms with E-state index in [2.05, 4.69) is 10.3 Å². The molecular formula is C23H27N3O5. The summed E-state index contributed by atoms with van der Waals surface area (Å²) in [5.41, 5.74) is 6.67. The number of hydrogen-bond donors (Lipinski definition) is 2. The van der Waals surface area contributed by atoms with Crippen molar-refractivity contribution in [2.24, 2.45) is 5.73 Å². The minimum absolute atomic E-state index is 0.203. The Labute approximate surface area is 181 Å². The first-order valence-electron chi connectivity index (χ1n) is 10.2. The average Bonchev–Trinajstić information content (AvgIpc) is 3.29. The van der Waals surface area contributed by atoms with E-state index in [-0.39, 0.29) is 18.6 Å². The molecule has 1 saturated carbocycles. The second-order valence-electron chi connectivity index (χ2n) is 7.21. The second-order valence-corrected chi connectivity index (χ2v) is 7.21. The Morgan fingerprint density at radius 1 is 1.23 bits per heavy atom. The first kappa shape index (κ1) is 22.1. The number of benzene rings is 1. The van der Waals surface area contributed by atoms with Crippen LogP contribution in [0.1, 0.15) is 36.8 Å². The van der Waals surface area contributed by atoms with Crippen molar-refractivity contribution in [2.45, 2.75) is 38.3 Å². The summed E-state index contributed by atoms with van der Waals surface area (Å²) in [6.45, 7) is 0.0804. The number of carbonyl (C=O) groups is 2. The van der Waals surface area contributed by atoms with Crippen molar-refractivity contribution < 1.29 is 23.8 Å². The Bertz CT molecular complexity index is 939. The van der Waals surface area contributed by atoms with Crippen LogP contribution in [0.4, 0.5) is 0 Å². The molecule has 1 heterocycles. The molecule has 8 heteroatoms. The number of pyridine rings is 1. The minimum Gasteiger partial charge on any atom is -0.493 e. The molecule has 0 atom stereocenters. The van der Waals surface area contributed by atoms with Crippen molar-refractivity contribution in [1.29, 1.82) is 0 Å². The van der Waals surface area contributed by atoms with E-state index in [1.54, 1.807) is 30.5 Å². The highest BCUT2D eigenvalue weighted by molar-refractivity contribution is 5.91. The molecule has 2 amide bonds. The van der Waals surface area contributed by atoms with Gasteiger partial charge < -0.3 is 25.3 Å². The summed E-state index contributed by atoms with van der Waals surface area (Å²) >= 11 is 0. The lowest BCUT2D eigenvalue weighted by Crippen LogP contribution is -2.22. The highest BCUT2D eigenvalue weighted by atomic mass is 16.5. The monoisotopic (exact) mass is 425 g/mol. The summed E-state index contributed by atoms with van der Waals surface area (Å²) in [5, 5.41) is 2.85. The zero-order valence-corrected chi connectivity index (χ0v) is 17.5. The topological polar surface area (TPSA) is 113 Å². The first-order valence-corrected chi connectivity index (χ1v) is 10.2. The number of nitrogens with one attached hydrogen (secondary N) is 1. The maximum Gasteiger partial charge on any atom is 0.255 e. The van der Waals surface area contributed by atoms with Gasteiger partial charge in [-0.1, -0.05) is 12.1 Å². The number of nitrogens with zero attached hydrogens (tertiary/aromatic N) is 1. The number of nitrogens with two attached hydrogens (primary N) is 1. The molecule has 8 nitrogen and oxygen atoms in total. The highest BCUT2D eigenvalue weighted by Crippen LogP contribution is 2.28. The molecule has 164 valence electrons. The third kappa shape index (κ3) is 6.74. The fourth-order valence-corrected chi connectivity index (χ4v) is 3.30. The van der Waals surface area contributed by atoms with Crippen LogP contribution >= 0.6 is 0 Å². The molecule has 1 aromatic heterocycles. The third-order valence-electron chi connectivity index (χ3n) is 4.87. The van der Waals surface area contributed by atoms with Crippen LogP contribution in [0.15, 0.2) is 42.6 Å². The van der Waals surface area contributed by atoms with Crippen LogP contribution < -0.4 is 25.3 Å². The average molecular weight is 425 g/mol. The Balaban J connectivity index is 1.57. The lowest BCUT2D eigenvalue weighted by Gasteiger charge is -2.15. The molecule has 31 heavy (non-hydrogen) atoms. The molecule has 3 rings (SSSR count). The Kier molecular flexibility index (Phi) is 7.86. The Hall–Kier alpha value is -3.55. The van der Waals surface area contributed by atoms with Crippen LogP contribution in [0.3, 0.4) is 0 Å². The lowest BCUT2D eigenvalue weighted by atomic mass is 10.2. The van der Waals surface area contributed by atoms with Crippen molar-refractivity contribution >= 4 is 17.9 Å². The molecule has 3 N–H and O–H groups in total. The maximum atomic E-state index is 12.3. The van der Waals surface area contributed by atoms with Crippen LogP contribution in [-0.2, 0) is 16.1 Å². The number of carbonyl (C=O) groups excluding carboxylic acids is 2. The Morgan fingerprint density at radius 2 is 2.03 bits per heavy atom. The summed E-state index contributed by atoms with van der Waals surface area (Å²) in [6.07, 6.45) is 9.44. The van der Waals surface area contributed by atoms with Crippen LogP contribution in [0.5, 0.6) is 17.4 Å². The summed E-state index contributed by atoms with van der Waals surface area (Å²) in [6, 6.07) is 8.83. The molecule has 2 aromatic rings. The van der Waals surface area contributed by atoms with Crippen LogP contribution in [0, 0.1) is 0 Å². The Morgan fingerprint density at radius 3 is 2.77 bits per heavy atom. The van der Waals surface area contributed by atoms with Crippen molar-refractivity contribution in [3.63, 3.8) is 0 Å². The van der Waals surface area contributed by atoms with Gasteiger partial charge >= 0.3 is 0 Å². The number of primary amides is 1. The number of aromatic nitrogens is 1. The highest BCUT2D eigenvalue weighted by Gasteiger charge is 2.18. The van der Waals surface area contributed by atoms with Crippen molar-refractivity contribution in [3.8, 4) is 17.4 Å². The van der Waals surface area contributed by atoms with Gasteiger partial charge in [0.25, 0.3) is 5.91 Å². The molecule has 1 aliphatic rings. The molecule has 0 saturated heterocycles. The van der Waals surface area contributed by atoms with Crippen LogP contribution in [0.2, 0.25) is 0 Å². The lowest BCUT2D eigenvalue weighted by molar-refractivity contribution is -0.120. The van der Waals surface area contributed by atoms with Crippen LogP contribution in [0.25, 0.3) is 6.08 Å². The van der Waals surface area contributed by atoms with Gasteiger partial charge in [0.2, 0.25) is 11.8 Å². The summed E-state index contributed by atoms with van der Waals surface area (Å²) < 4.78 is 16.6. The fourth-order valence-electron chi connectivity index (χ4n) is 3.30. The van der Waals surface area contributed by atoms with Crippen molar-refractivity contribution in [2.75, 3.05) is 13.7 Å². The van der Waals surface area contributed by atoms with Gasteiger partial charge in [-0.05, 0) is 55.5 Å². The van der Waals surface area contributed by atoms with Gasteiger partial charge in [-0.25, -0.2) is 4.98 Å². The molecule has 1 aliphatic carbocycles. The van der Waals surface area contributed by atoms with E-state index in [0.717, 1.165) is 24.0 Å². The first-order chi connectivity index (χ1) is 15.0. The van der Waals surface area contributed by atoms with E-state index in [1.807, 2.05) is 12.1 Å².